The normalized spacial score (nSPS) is 12.2. The second kappa shape index (κ2) is 11.1. The molecule has 35 heavy (non-hydrogen) atoms. The average Bonchev–Trinajstić information content (AvgIpc) is 2.83. The van der Waals surface area contributed by atoms with E-state index in [4.69, 9.17) is 9.47 Å². The lowest BCUT2D eigenvalue weighted by molar-refractivity contribution is -0.157. The SMILES string of the molecule is Cc1ccc(NC(=O)[C@@H](OC(=O)c2ccc(C)cc2)[C@H](OC(=O)c2ccc(C)cc2)C(=O)O)cc1. The van der Waals surface area contributed by atoms with Crippen molar-refractivity contribution in [2.24, 2.45) is 0 Å². The molecule has 0 unspecified atom stereocenters. The number of hydrogen-bond donors (Lipinski definition) is 2. The molecule has 1 amide bonds. The van der Waals surface area contributed by atoms with Crippen LogP contribution in [0.15, 0.2) is 72.8 Å². The van der Waals surface area contributed by atoms with Crippen LogP contribution in [0.3, 0.4) is 0 Å². The highest BCUT2D eigenvalue weighted by Crippen LogP contribution is 2.17. The first-order chi connectivity index (χ1) is 16.6. The molecule has 2 atom stereocenters. The Morgan fingerprint density at radius 1 is 0.629 bits per heavy atom. The number of carboxylic acid groups (broad SMARTS) is 1. The van der Waals surface area contributed by atoms with E-state index in [-0.39, 0.29) is 11.1 Å². The van der Waals surface area contributed by atoms with Gasteiger partial charge in [0.25, 0.3) is 5.91 Å². The minimum Gasteiger partial charge on any atom is -0.478 e. The number of carbonyl (C=O) groups excluding carboxylic acids is 3. The van der Waals surface area contributed by atoms with Gasteiger partial charge in [0.1, 0.15) is 0 Å². The molecule has 3 aromatic rings. The zero-order chi connectivity index (χ0) is 25.5. The van der Waals surface area contributed by atoms with Crippen molar-refractivity contribution in [3.05, 3.63) is 101 Å². The van der Waals surface area contributed by atoms with Crippen LogP contribution in [0.4, 0.5) is 5.69 Å². The Morgan fingerprint density at radius 2 is 1.00 bits per heavy atom. The van der Waals surface area contributed by atoms with E-state index in [1.807, 2.05) is 20.8 Å². The van der Waals surface area contributed by atoms with E-state index in [1.54, 1.807) is 48.5 Å². The van der Waals surface area contributed by atoms with Crippen LogP contribution in [0.2, 0.25) is 0 Å². The number of hydrogen-bond acceptors (Lipinski definition) is 6. The number of carboxylic acids is 1. The van der Waals surface area contributed by atoms with Crippen LogP contribution >= 0.6 is 0 Å². The van der Waals surface area contributed by atoms with E-state index >= 15 is 0 Å². The topological polar surface area (TPSA) is 119 Å². The van der Waals surface area contributed by atoms with Crippen molar-refractivity contribution >= 4 is 29.5 Å². The van der Waals surface area contributed by atoms with Crippen LogP contribution < -0.4 is 5.32 Å². The molecule has 0 aliphatic carbocycles. The van der Waals surface area contributed by atoms with Gasteiger partial charge in [0.05, 0.1) is 11.1 Å². The molecule has 8 nitrogen and oxygen atoms in total. The Labute approximate surface area is 202 Å². The Kier molecular flexibility index (Phi) is 7.99. The van der Waals surface area contributed by atoms with E-state index in [0.717, 1.165) is 16.7 Å². The van der Waals surface area contributed by atoms with E-state index in [2.05, 4.69) is 5.32 Å². The highest BCUT2D eigenvalue weighted by molar-refractivity contribution is 6.01. The largest absolute Gasteiger partial charge is 0.478 e. The first kappa shape index (κ1) is 25.2. The van der Waals surface area contributed by atoms with E-state index in [1.165, 1.54) is 24.3 Å². The Morgan fingerprint density at radius 3 is 1.40 bits per heavy atom. The van der Waals surface area contributed by atoms with Crippen LogP contribution in [0.1, 0.15) is 37.4 Å². The number of carbonyl (C=O) groups is 4. The van der Waals surface area contributed by atoms with Gasteiger partial charge in [-0.15, -0.1) is 0 Å². The third-order valence-corrected chi connectivity index (χ3v) is 5.14. The van der Waals surface area contributed by atoms with Crippen molar-refractivity contribution in [1.29, 1.82) is 0 Å². The number of esters is 2. The fraction of sp³-hybridized carbons (Fsp3) is 0.185. The van der Waals surface area contributed by atoms with Gasteiger partial charge in [-0.1, -0.05) is 53.1 Å². The maximum Gasteiger partial charge on any atom is 0.349 e. The van der Waals surface area contributed by atoms with Gasteiger partial charge in [-0.2, -0.15) is 0 Å². The summed E-state index contributed by atoms with van der Waals surface area (Å²) in [4.78, 5) is 50.5. The fourth-order valence-electron chi connectivity index (χ4n) is 3.09. The number of ether oxygens (including phenoxy) is 2. The molecule has 3 aromatic carbocycles. The van der Waals surface area contributed by atoms with E-state index in [0.29, 0.717) is 5.69 Å². The van der Waals surface area contributed by atoms with Crippen molar-refractivity contribution in [3.63, 3.8) is 0 Å². The standard InChI is InChI=1S/C27H25NO7/c1-16-4-10-19(11-5-16)26(32)34-22(24(29)28-21-14-8-18(3)9-15-21)23(25(30)31)35-27(33)20-12-6-17(2)7-13-20/h4-15,22-23H,1-3H3,(H,28,29)(H,30,31)/t22-,23-/m0/s1. The number of amides is 1. The molecule has 8 heteroatoms. The highest BCUT2D eigenvalue weighted by atomic mass is 16.6. The molecule has 0 aliphatic rings. The summed E-state index contributed by atoms with van der Waals surface area (Å²) in [6.45, 7) is 5.52. The molecule has 2 N–H and O–H groups in total. The van der Waals surface area contributed by atoms with Crippen molar-refractivity contribution in [2.75, 3.05) is 5.32 Å². The first-order valence-electron chi connectivity index (χ1n) is 10.8. The number of aryl methyl sites for hydroxylation is 3. The molecular formula is C27H25NO7. The summed E-state index contributed by atoms with van der Waals surface area (Å²) >= 11 is 0. The quantitative estimate of drug-likeness (QED) is 0.471. The van der Waals surface area contributed by atoms with Gasteiger partial charge in [-0.3, -0.25) is 4.79 Å². The van der Waals surface area contributed by atoms with Gasteiger partial charge >= 0.3 is 17.9 Å². The lowest BCUT2D eigenvalue weighted by Gasteiger charge is -2.23. The third-order valence-electron chi connectivity index (χ3n) is 5.14. The molecule has 180 valence electrons. The van der Waals surface area contributed by atoms with Crippen LogP contribution in [-0.4, -0.2) is 41.1 Å². The summed E-state index contributed by atoms with van der Waals surface area (Å²) in [6, 6.07) is 19.3. The summed E-state index contributed by atoms with van der Waals surface area (Å²) in [5.41, 5.74) is 3.28. The second-order valence-electron chi connectivity index (χ2n) is 8.08. The molecule has 3 rings (SSSR count). The predicted octanol–water partition coefficient (Wildman–Crippen LogP) is 4.09. The Balaban J connectivity index is 1.90. The van der Waals surface area contributed by atoms with Crippen molar-refractivity contribution in [2.45, 2.75) is 33.0 Å². The maximum atomic E-state index is 13.1. The van der Waals surface area contributed by atoms with Crippen LogP contribution in [0, 0.1) is 20.8 Å². The average molecular weight is 475 g/mol. The van der Waals surface area contributed by atoms with Crippen LogP contribution in [-0.2, 0) is 19.1 Å². The van der Waals surface area contributed by atoms with E-state index < -0.39 is 36.0 Å². The number of anilines is 1. The molecule has 0 saturated heterocycles. The molecule has 0 aromatic heterocycles. The summed E-state index contributed by atoms with van der Waals surface area (Å²) in [5.74, 6) is -4.52. The van der Waals surface area contributed by atoms with Gasteiger partial charge in [0.2, 0.25) is 12.2 Å². The molecule has 0 bridgehead atoms. The van der Waals surface area contributed by atoms with Crippen LogP contribution in [0.5, 0.6) is 0 Å². The first-order valence-corrected chi connectivity index (χ1v) is 10.8. The smallest absolute Gasteiger partial charge is 0.349 e. The van der Waals surface area contributed by atoms with Gasteiger partial charge in [0.15, 0.2) is 0 Å². The zero-order valence-electron chi connectivity index (χ0n) is 19.5. The predicted molar refractivity (Wildman–Crippen MR) is 128 cm³/mol. The van der Waals surface area contributed by atoms with Gasteiger partial charge in [-0.05, 0) is 57.2 Å². The monoisotopic (exact) mass is 475 g/mol. The maximum absolute atomic E-state index is 13.1. The van der Waals surface area contributed by atoms with Crippen LogP contribution in [0.25, 0.3) is 0 Å². The van der Waals surface area contributed by atoms with Crippen molar-refractivity contribution in [1.82, 2.24) is 0 Å². The van der Waals surface area contributed by atoms with Gasteiger partial charge in [-0.25, -0.2) is 14.4 Å². The minimum absolute atomic E-state index is 0.0874. The lowest BCUT2D eigenvalue weighted by Crippen LogP contribution is -2.48. The Bertz CT molecular complexity index is 1220. The molecule has 0 fully saturated rings. The molecule has 0 heterocycles. The lowest BCUT2D eigenvalue weighted by atomic mass is 10.1. The van der Waals surface area contributed by atoms with Gasteiger partial charge in [0, 0.05) is 5.69 Å². The summed E-state index contributed by atoms with van der Waals surface area (Å²) in [5, 5.41) is 12.3. The summed E-state index contributed by atoms with van der Waals surface area (Å²) in [6.07, 6.45) is -4.05. The number of aliphatic carboxylic acids is 1. The molecule has 0 saturated carbocycles. The van der Waals surface area contributed by atoms with Crippen molar-refractivity contribution in [3.8, 4) is 0 Å². The zero-order valence-corrected chi connectivity index (χ0v) is 19.5. The van der Waals surface area contributed by atoms with E-state index in [9.17, 15) is 24.3 Å². The minimum atomic E-state index is -2.09. The van der Waals surface area contributed by atoms with Crippen molar-refractivity contribution < 1.29 is 33.8 Å². The molecule has 0 radical (unpaired) electrons. The number of nitrogens with one attached hydrogen (secondary N) is 1. The number of benzene rings is 3. The fourth-order valence-corrected chi connectivity index (χ4v) is 3.09. The Hall–Kier alpha value is -4.46. The summed E-state index contributed by atoms with van der Waals surface area (Å²) < 4.78 is 10.5. The second-order valence-corrected chi connectivity index (χ2v) is 8.08. The number of rotatable bonds is 8. The van der Waals surface area contributed by atoms with Gasteiger partial charge < -0.3 is 19.9 Å². The molecule has 0 aliphatic heterocycles. The third kappa shape index (κ3) is 6.77. The highest BCUT2D eigenvalue weighted by Gasteiger charge is 2.41. The molecule has 0 spiro atoms. The summed E-state index contributed by atoms with van der Waals surface area (Å²) in [7, 11) is 0. The molecular weight excluding hydrogens is 450 g/mol.